The van der Waals surface area contributed by atoms with E-state index >= 15 is 0 Å². The third kappa shape index (κ3) is 4.04. The maximum Gasteiger partial charge on any atom is 0.293 e. The molecule has 0 bridgehead atoms. The van der Waals surface area contributed by atoms with Gasteiger partial charge in [0, 0.05) is 11.3 Å². The zero-order valence-electron chi connectivity index (χ0n) is 16.1. The highest BCUT2D eigenvalue weighted by Crippen LogP contribution is 2.19. The van der Waals surface area contributed by atoms with Crippen LogP contribution in [0.3, 0.4) is 0 Å². The van der Waals surface area contributed by atoms with Crippen LogP contribution in [0.25, 0.3) is 16.8 Å². The number of aromatic nitrogens is 4. The van der Waals surface area contributed by atoms with E-state index in [4.69, 9.17) is 4.74 Å². The van der Waals surface area contributed by atoms with Crippen molar-refractivity contribution in [3.05, 3.63) is 77.1 Å². The van der Waals surface area contributed by atoms with Crippen molar-refractivity contribution in [2.24, 2.45) is 0 Å². The molecule has 0 aliphatic rings. The van der Waals surface area contributed by atoms with Crippen LogP contribution in [0, 0.1) is 5.82 Å². The molecule has 0 aliphatic heterocycles. The molecule has 0 unspecified atom stereocenters. The molecule has 4 aromatic rings. The van der Waals surface area contributed by atoms with Gasteiger partial charge in [-0.15, -0.1) is 0 Å². The normalized spacial score (nSPS) is 10.9. The van der Waals surface area contributed by atoms with E-state index in [1.165, 1.54) is 23.0 Å². The second kappa shape index (κ2) is 8.16. The Bertz CT molecular complexity index is 1250. The van der Waals surface area contributed by atoms with Gasteiger partial charge in [-0.25, -0.2) is 13.6 Å². The highest BCUT2D eigenvalue weighted by molar-refractivity contribution is 5.90. The van der Waals surface area contributed by atoms with Gasteiger partial charge in [0.1, 0.15) is 30.0 Å². The van der Waals surface area contributed by atoms with Crippen molar-refractivity contribution < 1.29 is 13.9 Å². The number of benzene rings is 2. The smallest absolute Gasteiger partial charge is 0.293 e. The fourth-order valence-corrected chi connectivity index (χ4v) is 2.95. The Balaban J connectivity index is 1.52. The molecule has 0 spiro atoms. The van der Waals surface area contributed by atoms with Crippen molar-refractivity contribution >= 4 is 17.1 Å². The van der Waals surface area contributed by atoms with Gasteiger partial charge in [-0.1, -0.05) is 0 Å². The Hall–Kier alpha value is -4.01. The monoisotopic (exact) mass is 407 g/mol. The molecule has 0 fully saturated rings. The molecule has 0 saturated heterocycles. The first-order chi connectivity index (χ1) is 14.5. The SMILES string of the molecule is CCOc1ccc(NC(=O)Cn2ncn3nc(-c4ccc(F)cc4)cc3c2=O)cc1. The number of rotatable bonds is 6. The summed E-state index contributed by atoms with van der Waals surface area (Å²) in [5.74, 6) is -0.0435. The van der Waals surface area contributed by atoms with Crippen LogP contribution in [0.5, 0.6) is 5.75 Å². The molecule has 2 aromatic heterocycles. The van der Waals surface area contributed by atoms with Gasteiger partial charge in [0.2, 0.25) is 5.91 Å². The summed E-state index contributed by atoms with van der Waals surface area (Å²) < 4.78 is 20.9. The van der Waals surface area contributed by atoms with Gasteiger partial charge < -0.3 is 10.1 Å². The van der Waals surface area contributed by atoms with Crippen LogP contribution < -0.4 is 15.6 Å². The zero-order chi connectivity index (χ0) is 21.1. The average Bonchev–Trinajstić information content (AvgIpc) is 3.17. The van der Waals surface area contributed by atoms with Gasteiger partial charge in [0.25, 0.3) is 5.56 Å². The highest BCUT2D eigenvalue weighted by Gasteiger charge is 2.12. The van der Waals surface area contributed by atoms with Crippen LogP contribution >= 0.6 is 0 Å². The summed E-state index contributed by atoms with van der Waals surface area (Å²) in [6.07, 6.45) is 1.36. The van der Waals surface area contributed by atoms with Crippen molar-refractivity contribution in [3.8, 4) is 17.0 Å². The van der Waals surface area contributed by atoms with Gasteiger partial charge in [-0.05, 0) is 61.5 Å². The standard InChI is InChI=1S/C21H18FN5O3/c1-2-30-17-9-7-16(8-10-17)24-20(28)12-26-21(29)19-11-18(25-27(19)13-23-26)14-3-5-15(22)6-4-14/h3-11,13H,2,12H2,1H3,(H,24,28). The molecule has 2 heterocycles. The van der Waals surface area contributed by atoms with Gasteiger partial charge in [0.05, 0.1) is 12.3 Å². The first kappa shape index (κ1) is 19.3. The maximum atomic E-state index is 13.1. The van der Waals surface area contributed by atoms with Gasteiger partial charge in [-0.3, -0.25) is 9.59 Å². The van der Waals surface area contributed by atoms with E-state index in [1.807, 2.05) is 6.92 Å². The van der Waals surface area contributed by atoms with E-state index in [9.17, 15) is 14.0 Å². The lowest BCUT2D eigenvalue weighted by molar-refractivity contribution is -0.117. The average molecular weight is 407 g/mol. The molecule has 2 aromatic carbocycles. The molecule has 0 radical (unpaired) electrons. The number of fused-ring (bicyclic) bond motifs is 1. The van der Waals surface area contributed by atoms with Crippen LogP contribution in [0.2, 0.25) is 0 Å². The fourth-order valence-electron chi connectivity index (χ4n) is 2.95. The number of hydrogen-bond donors (Lipinski definition) is 1. The van der Waals surface area contributed by atoms with E-state index < -0.39 is 11.5 Å². The van der Waals surface area contributed by atoms with E-state index in [-0.39, 0.29) is 17.9 Å². The van der Waals surface area contributed by atoms with Crippen LogP contribution in [0.4, 0.5) is 10.1 Å². The number of hydrogen-bond acceptors (Lipinski definition) is 5. The number of amides is 1. The summed E-state index contributed by atoms with van der Waals surface area (Å²) in [5, 5.41) is 11.0. The molecule has 9 heteroatoms. The minimum absolute atomic E-state index is 0.250. The molecule has 0 aliphatic carbocycles. The number of ether oxygens (including phenoxy) is 1. The third-order valence-electron chi connectivity index (χ3n) is 4.37. The van der Waals surface area contributed by atoms with E-state index in [0.717, 1.165) is 4.68 Å². The number of anilines is 1. The minimum atomic E-state index is -0.458. The Morgan fingerprint density at radius 2 is 1.87 bits per heavy atom. The summed E-state index contributed by atoms with van der Waals surface area (Å²) in [6.45, 7) is 2.19. The van der Waals surface area contributed by atoms with Crippen molar-refractivity contribution in [2.75, 3.05) is 11.9 Å². The number of carbonyl (C=O) groups is 1. The predicted molar refractivity (Wildman–Crippen MR) is 109 cm³/mol. The number of halogens is 1. The molecule has 0 atom stereocenters. The minimum Gasteiger partial charge on any atom is -0.494 e. The molecule has 4 rings (SSSR count). The van der Waals surface area contributed by atoms with Crippen LogP contribution in [-0.4, -0.2) is 31.9 Å². The largest absolute Gasteiger partial charge is 0.494 e. The van der Waals surface area contributed by atoms with Gasteiger partial charge >= 0.3 is 0 Å². The van der Waals surface area contributed by atoms with E-state index in [1.54, 1.807) is 42.5 Å². The van der Waals surface area contributed by atoms with Gasteiger partial charge in [0.15, 0.2) is 0 Å². The molecular formula is C21H18FN5O3. The lowest BCUT2D eigenvalue weighted by atomic mass is 10.1. The van der Waals surface area contributed by atoms with Crippen molar-refractivity contribution in [1.82, 2.24) is 19.4 Å². The molecule has 8 nitrogen and oxygen atoms in total. The topological polar surface area (TPSA) is 90.5 Å². The maximum absolute atomic E-state index is 13.1. The Labute approximate surface area is 170 Å². The zero-order valence-corrected chi connectivity index (χ0v) is 16.1. The Kier molecular flexibility index (Phi) is 5.25. The number of carbonyl (C=O) groups excluding carboxylic acids is 1. The van der Waals surface area contributed by atoms with Gasteiger partial charge in [-0.2, -0.15) is 10.2 Å². The Morgan fingerprint density at radius 1 is 1.13 bits per heavy atom. The second-order valence-corrected chi connectivity index (χ2v) is 6.47. The second-order valence-electron chi connectivity index (χ2n) is 6.47. The predicted octanol–water partition coefficient (Wildman–Crippen LogP) is 2.73. The summed E-state index contributed by atoms with van der Waals surface area (Å²) >= 11 is 0. The molecule has 1 N–H and O–H groups in total. The molecular weight excluding hydrogens is 389 g/mol. The van der Waals surface area contributed by atoms with Crippen molar-refractivity contribution in [1.29, 1.82) is 0 Å². The summed E-state index contributed by atoms with van der Waals surface area (Å²) in [7, 11) is 0. The van der Waals surface area contributed by atoms with Crippen molar-refractivity contribution in [3.63, 3.8) is 0 Å². The Morgan fingerprint density at radius 3 is 2.57 bits per heavy atom. The quantitative estimate of drug-likeness (QED) is 0.531. The molecule has 152 valence electrons. The fraction of sp³-hybridized carbons (Fsp3) is 0.143. The van der Waals surface area contributed by atoms with E-state index in [2.05, 4.69) is 15.5 Å². The molecule has 0 saturated carbocycles. The molecule has 30 heavy (non-hydrogen) atoms. The first-order valence-electron chi connectivity index (χ1n) is 9.27. The summed E-state index contributed by atoms with van der Waals surface area (Å²) in [4.78, 5) is 25.1. The lowest BCUT2D eigenvalue weighted by Crippen LogP contribution is -2.30. The number of nitrogens with zero attached hydrogens (tertiary/aromatic N) is 4. The lowest BCUT2D eigenvalue weighted by Gasteiger charge is -2.08. The van der Waals surface area contributed by atoms with Crippen molar-refractivity contribution in [2.45, 2.75) is 13.5 Å². The van der Waals surface area contributed by atoms with Crippen LogP contribution in [0.1, 0.15) is 6.92 Å². The summed E-state index contributed by atoms with van der Waals surface area (Å²) in [6, 6.07) is 14.3. The van der Waals surface area contributed by atoms with E-state index in [0.29, 0.717) is 29.3 Å². The van der Waals surface area contributed by atoms with Crippen LogP contribution in [0.15, 0.2) is 65.7 Å². The first-order valence-corrected chi connectivity index (χ1v) is 9.27. The summed E-state index contributed by atoms with van der Waals surface area (Å²) in [5.41, 5.74) is 1.56. The highest BCUT2D eigenvalue weighted by atomic mass is 19.1. The number of nitrogens with one attached hydrogen (secondary N) is 1. The molecule has 1 amide bonds. The third-order valence-corrected chi connectivity index (χ3v) is 4.37. The van der Waals surface area contributed by atoms with Crippen LogP contribution in [-0.2, 0) is 11.3 Å².